The maximum atomic E-state index is 12.6. The Labute approximate surface area is 159 Å². The second-order valence-electron chi connectivity index (χ2n) is 5.65. The van der Waals surface area contributed by atoms with Crippen LogP contribution in [0.3, 0.4) is 0 Å². The molecule has 2 amide bonds. The number of fused-ring (bicyclic) bond motifs is 1. The standard InChI is InChI=1S/C19H18N4O3S/c1-3-23-19(26)15-7-5-4-6-14(15)16(22-23)18(25)21-20-17(24)12-8-10-13(27-2)11-9-12/h4-11H,3H2,1-2H3,(H,20,24)(H,21,25). The summed E-state index contributed by atoms with van der Waals surface area (Å²) in [7, 11) is 0. The zero-order valence-electron chi connectivity index (χ0n) is 14.9. The highest BCUT2D eigenvalue weighted by molar-refractivity contribution is 7.98. The summed E-state index contributed by atoms with van der Waals surface area (Å²) in [5.74, 6) is -1.04. The molecule has 0 aliphatic rings. The van der Waals surface area contributed by atoms with Crippen LogP contribution in [0.1, 0.15) is 27.8 Å². The summed E-state index contributed by atoms with van der Waals surface area (Å²) in [5.41, 5.74) is 4.98. The highest BCUT2D eigenvalue weighted by Crippen LogP contribution is 2.15. The Bertz CT molecular complexity index is 1060. The van der Waals surface area contributed by atoms with Gasteiger partial charge in [-0.05, 0) is 43.5 Å². The van der Waals surface area contributed by atoms with Gasteiger partial charge in [-0.25, -0.2) is 4.68 Å². The first-order valence-corrected chi connectivity index (χ1v) is 9.52. The molecule has 2 N–H and O–H groups in total. The molecule has 0 saturated carbocycles. The minimum Gasteiger partial charge on any atom is -0.267 e. The number of carbonyl (C=O) groups is 2. The lowest BCUT2D eigenvalue weighted by Gasteiger charge is -2.11. The lowest BCUT2D eigenvalue weighted by atomic mass is 10.1. The highest BCUT2D eigenvalue weighted by Gasteiger charge is 2.17. The van der Waals surface area contributed by atoms with E-state index in [1.807, 2.05) is 18.4 Å². The number of amides is 2. The third kappa shape index (κ3) is 3.85. The Kier molecular flexibility index (Phi) is 5.56. The molecule has 3 rings (SSSR count). The van der Waals surface area contributed by atoms with Crippen molar-refractivity contribution in [1.29, 1.82) is 0 Å². The van der Waals surface area contributed by atoms with Gasteiger partial charge in [0.2, 0.25) is 0 Å². The van der Waals surface area contributed by atoms with Crippen LogP contribution in [-0.2, 0) is 6.54 Å². The topological polar surface area (TPSA) is 93.1 Å². The van der Waals surface area contributed by atoms with Gasteiger partial charge in [0.05, 0.1) is 5.39 Å². The van der Waals surface area contributed by atoms with Gasteiger partial charge in [-0.15, -0.1) is 11.8 Å². The molecule has 0 saturated heterocycles. The number of hydrazine groups is 1. The molecule has 138 valence electrons. The van der Waals surface area contributed by atoms with Crippen molar-refractivity contribution in [2.75, 3.05) is 6.26 Å². The molecule has 0 fully saturated rings. The summed E-state index contributed by atoms with van der Waals surface area (Å²) in [6, 6.07) is 13.8. The van der Waals surface area contributed by atoms with Gasteiger partial charge in [0, 0.05) is 22.4 Å². The Morgan fingerprint density at radius 1 is 1.00 bits per heavy atom. The van der Waals surface area contributed by atoms with Gasteiger partial charge < -0.3 is 0 Å². The van der Waals surface area contributed by atoms with Crippen molar-refractivity contribution in [2.45, 2.75) is 18.4 Å². The maximum Gasteiger partial charge on any atom is 0.290 e. The van der Waals surface area contributed by atoms with Crippen LogP contribution in [0, 0.1) is 0 Å². The quantitative estimate of drug-likeness (QED) is 0.533. The minimum absolute atomic E-state index is 0.0741. The Morgan fingerprint density at radius 3 is 2.26 bits per heavy atom. The van der Waals surface area contributed by atoms with Crippen molar-refractivity contribution >= 4 is 34.3 Å². The summed E-state index contributed by atoms with van der Waals surface area (Å²) < 4.78 is 1.22. The third-order valence-corrected chi connectivity index (χ3v) is 4.77. The number of rotatable bonds is 4. The van der Waals surface area contributed by atoms with Crippen molar-refractivity contribution < 1.29 is 9.59 Å². The number of carbonyl (C=O) groups excluding carboxylic acids is 2. The Balaban J connectivity index is 1.83. The number of aryl methyl sites for hydroxylation is 1. The number of benzene rings is 2. The molecule has 3 aromatic rings. The van der Waals surface area contributed by atoms with Gasteiger partial charge in [0.1, 0.15) is 0 Å². The minimum atomic E-state index is -0.595. The van der Waals surface area contributed by atoms with Gasteiger partial charge in [-0.3, -0.25) is 25.2 Å². The number of nitrogens with one attached hydrogen (secondary N) is 2. The summed E-state index contributed by atoms with van der Waals surface area (Å²) in [5, 5.41) is 4.97. The second-order valence-corrected chi connectivity index (χ2v) is 6.53. The zero-order valence-corrected chi connectivity index (χ0v) is 15.7. The highest BCUT2D eigenvalue weighted by atomic mass is 32.2. The van der Waals surface area contributed by atoms with Gasteiger partial charge in [-0.2, -0.15) is 5.10 Å². The van der Waals surface area contributed by atoms with E-state index in [0.29, 0.717) is 22.9 Å². The number of hydrogen-bond acceptors (Lipinski definition) is 5. The average Bonchev–Trinajstić information content (AvgIpc) is 2.72. The molecule has 27 heavy (non-hydrogen) atoms. The van der Waals surface area contributed by atoms with E-state index in [1.165, 1.54) is 4.68 Å². The van der Waals surface area contributed by atoms with Crippen molar-refractivity contribution in [2.24, 2.45) is 0 Å². The lowest BCUT2D eigenvalue weighted by molar-refractivity contribution is 0.0843. The van der Waals surface area contributed by atoms with Crippen LogP contribution >= 0.6 is 11.8 Å². The van der Waals surface area contributed by atoms with Crippen molar-refractivity contribution in [3.05, 3.63) is 70.1 Å². The predicted octanol–water partition coefficient (Wildman–Crippen LogP) is 2.21. The summed E-state index contributed by atoms with van der Waals surface area (Å²) in [6.45, 7) is 2.10. The largest absolute Gasteiger partial charge is 0.290 e. The van der Waals surface area contributed by atoms with Gasteiger partial charge in [-0.1, -0.05) is 18.2 Å². The molecular weight excluding hydrogens is 364 g/mol. The summed E-state index contributed by atoms with van der Waals surface area (Å²) in [4.78, 5) is 38.2. The number of aromatic nitrogens is 2. The third-order valence-electron chi connectivity index (χ3n) is 4.02. The fourth-order valence-electron chi connectivity index (χ4n) is 2.60. The molecule has 8 heteroatoms. The molecule has 1 heterocycles. The van der Waals surface area contributed by atoms with E-state index in [4.69, 9.17) is 0 Å². The predicted molar refractivity (Wildman–Crippen MR) is 105 cm³/mol. The zero-order chi connectivity index (χ0) is 19.4. The fourth-order valence-corrected chi connectivity index (χ4v) is 3.01. The van der Waals surface area contributed by atoms with Crippen LogP contribution in [-0.4, -0.2) is 27.9 Å². The first-order chi connectivity index (χ1) is 13.0. The van der Waals surface area contributed by atoms with E-state index in [0.717, 1.165) is 4.90 Å². The maximum absolute atomic E-state index is 12.6. The van der Waals surface area contributed by atoms with E-state index < -0.39 is 11.8 Å². The molecule has 7 nitrogen and oxygen atoms in total. The first kappa shape index (κ1) is 18.7. The molecule has 0 aliphatic carbocycles. The lowest BCUT2D eigenvalue weighted by Crippen LogP contribution is -2.42. The molecule has 1 aromatic heterocycles. The summed E-state index contributed by atoms with van der Waals surface area (Å²) >= 11 is 1.57. The normalized spacial score (nSPS) is 10.6. The van der Waals surface area contributed by atoms with E-state index in [2.05, 4.69) is 16.0 Å². The van der Waals surface area contributed by atoms with E-state index >= 15 is 0 Å². The average molecular weight is 382 g/mol. The van der Waals surface area contributed by atoms with Gasteiger partial charge in [0.25, 0.3) is 17.4 Å². The van der Waals surface area contributed by atoms with Crippen LogP contribution in [0.15, 0.2) is 58.2 Å². The molecule has 0 unspecified atom stereocenters. The van der Waals surface area contributed by atoms with E-state index in [-0.39, 0.29) is 11.3 Å². The molecule has 0 aliphatic heterocycles. The van der Waals surface area contributed by atoms with Crippen LogP contribution in [0.2, 0.25) is 0 Å². The van der Waals surface area contributed by atoms with Crippen LogP contribution in [0.5, 0.6) is 0 Å². The SMILES string of the molecule is CCn1nc(C(=O)NNC(=O)c2ccc(SC)cc2)c2ccccc2c1=O. The first-order valence-electron chi connectivity index (χ1n) is 8.29. The van der Waals surface area contributed by atoms with E-state index in [1.54, 1.807) is 55.1 Å². The Morgan fingerprint density at radius 2 is 1.63 bits per heavy atom. The van der Waals surface area contributed by atoms with Crippen molar-refractivity contribution in [3.63, 3.8) is 0 Å². The van der Waals surface area contributed by atoms with Gasteiger partial charge in [0.15, 0.2) is 5.69 Å². The second kappa shape index (κ2) is 8.05. The molecule has 0 radical (unpaired) electrons. The number of nitrogens with zero attached hydrogens (tertiary/aromatic N) is 2. The number of hydrogen-bond donors (Lipinski definition) is 2. The molecule has 0 bridgehead atoms. The van der Waals surface area contributed by atoms with Crippen LogP contribution in [0.25, 0.3) is 10.8 Å². The Hall–Kier alpha value is -3.13. The fraction of sp³-hybridized carbons (Fsp3) is 0.158. The molecule has 0 spiro atoms. The van der Waals surface area contributed by atoms with Crippen molar-refractivity contribution in [1.82, 2.24) is 20.6 Å². The van der Waals surface area contributed by atoms with E-state index in [9.17, 15) is 14.4 Å². The smallest absolute Gasteiger partial charge is 0.267 e. The monoisotopic (exact) mass is 382 g/mol. The van der Waals surface area contributed by atoms with Crippen LogP contribution < -0.4 is 16.4 Å². The molecule has 2 aromatic carbocycles. The molecular formula is C19H18N4O3S. The summed E-state index contributed by atoms with van der Waals surface area (Å²) in [6.07, 6.45) is 1.95. The van der Waals surface area contributed by atoms with Crippen molar-refractivity contribution in [3.8, 4) is 0 Å². The van der Waals surface area contributed by atoms with Crippen LogP contribution in [0.4, 0.5) is 0 Å². The number of thioether (sulfide) groups is 1. The molecule has 0 atom stereocenters. The van der Waals surface area contributed by atoms with Gasteiger partial charge >= 0.3 is 0 Å².